The standard InChI is InChI=1S/C5H15NO7P2.Na/c1-6-4-2-3-5(7,14(8,9)10)15(11,12)13;/h6-7H,2-4H2,1H3,(H2,8,9,10)(H2,11,12,13);/q;+1/p-1. The van der Waals surface area contributed by atoms with Crippen LogP contribution in [0, 0.1) is 0 Å². The normalized spacial score (nSPS) is 19.4. The molecule has 92 valence electrons. The summed E-state index contributed by atoms with van der Waals surface area (Å²) in [6.45, 7) is 0.252. The van der Waals surface area contributed by atoms with Crippen molar-refractivity contribution in [2.24, 2.45) is 0 Å². The summed E-state index contributed by atoms with van der Waals surface area (Å²) in [7, 11) is -9.33. The summed E-state index contributed by atoms with van der Waals surface area (Å²) in [5.74, 6) is 0. The first-order valence-electron chi connectivity index (χ1n) is 4.03. The third-order valence-electron chi connectivity index (χ3n) is 1.86. The summed E-state index contributed by atoms with van der Waals surface area (Å²) >= 11 is 0. The van der Waals surface area contributed by atoms with Crippen molar-refractivity contribution in [2.45, 2.75) is 17.9 Å². The SMILES string of the molecule is CNCCCC(O)(P(=O)([O-])O)P(=O)(O)O.[Na+]. The second kappa shape index (κ2) is 6.97. The Bertz CT molecular complexity index is 277. The Hall–Kier alpha value is 1.22. The van der Waals surface area contributed by atoms with Gasteiger partial charge in [0.25, 0.3) is 0 Å². The van der Waals surface area contributed by atoms with Gasteiger partial charge in [0, 0.05) is 0 Å². The Labute approximate surface area is 115 Å². The molecule has 0 aliphatic heterocycles. The van der Waals surface area contributed by atoms with Crippen LogP contribution in [0.2, 0.25) is 0 Å². The molecule has 0 radical (unpaired) electrons. The van der Waals surface area contributed by atoms with Crippen LogP contribution in [-0.4, -0.2) is 38.5 Å². The van der Waals surface area contributed by atoms with Gasteiger partial charge in [0.05, 0.1) is 0 Å². The minimum atomic E-state index is -5.53. The van der Waals surface area contributed by atoms with Gasteiger partial charge >= 0.3 is 37.2 Å². The molecule has 0 aromatic heterocycles. The molecule has 0 aliphatic rings. The van der Waals surface area contributed by atoms with Crippen LogP contribution in [-0.2, 0) is 9.13 Å². The van der Waals surface area contributed by atoms with Gasteiger partial charge in [-0.05, 0) is 26.4 Å². The maximum Gasteiger partial charge on any atom is 1.00 e. The number of hydrogen-bond donors (Lipinski definition) is 5. The number of hydrogen-bond acceptors (Lipinski definition) is 5. The zero-order valence-electron chi connectivity index (χ0n) is 9.03. The minimum absolute atomic E-state index is 0. The maximum absolute atomic E-state index is 10.8. The first-order valence-corrected chi connectivity index (χ1v) is 7.22. The van der Waals surface area contributed by atoms with E-state index >= 15 is 0 Å². The molecule has 0 saturated heterocycles. The van der Waals surface area contributed by atoms with Crippen LogP contribution < -0.4 is 39.8 Å². The van der Waals surface area contributed by atoms with Crippen molar-refractivity contribution < 1.29 is 63.4 Å². The topological polar surface area (TPSA) is 150 Å². The van der Waals surface area contributed by atoms with Gasteiger partial charge < -0.3 is 34.6 Å². The summed E-state index contributed by atoms with van der Waals surface area (Å²) in [6.07, 6.45) is -0.750. The molecule has 0 fully saturated rings. The first-order chi connectivity index (χ1) is 6.56. The number of aliphatic hydroxyl groups is 1. The molecule has 5 N–H and O–H groups in total. The maximum atomic E-state index is 10.8. The molecule has 0 aromatic rings. The Morgan fingerprint density at radius 3 is 2.00 bits per heavy atom. The van der Waals surface area contributed by atoms with Crippen LogP contribution in [0.4, 0.5) is 0 Å². The van der Waals surface area contributed by atoms with E-state index in [0.717, 1.165) is 0 Å². The smallest absolute Gasteiger partial charge is 0.776 e. The van der Waals surface area contributed by atoms with Gasteiger partial charge in [-0.15, -0.1) is 0 Å². The van der Waals surface area contributed by atoms with E-state index in [0.29, 0.717) is 0 Å². The summed E-state index contributed by atoms with van der Waals surface area (Å²) in [6, 6.07) is 0. The van der Waals surface area contributed by atoms with Gasteiger partial charge in [0.2, 0.25) is 5.08 Å². The van der Waals surface area contributed by atoms with Crippen LogP contribution in [0.5, 0.6) is 0 Å². The molecule has 0 spiro atoms. The second-order valence-electron chi connectivity index (χ2n) is 3.05. The fourth-order valence-electron chi connectivity index (χ4n) is 0.954. The van der Waals surface area contributed by atoms with Gasteiger partial charge in [0.1, 0.15) is 0 Å². The Morgan fingerprint density at radius 2 is 1.75 bits per heavy atom. The third kappa shape index (κ3) is 4.84. The minimum Gasteiger partial charge on any atom is -0.776 e. The van der Waals surface area contributed by atoms with Crippen LogP contribution in [0.25, 0.3) is 0 Å². The molecular formula is C5H14NNaO7P2. The van der Waals surface area contributed by atoms with Crippen LogP contribution in [0.15, 0.2) is 0 Å². The number of rotatable bonds is 6. The van der Waals surface area contributed by atoms with E-state index < -0.39 is 26.7 Å². The zero-order chi connectivity index (χ0) is 12.3. The molecule has 0 aromatic carbocycles. The first kappa shape index (κ1) is 19.6. The molecule has 0 aliphatic carbocycles. The van der Waals surface area contributed by atoms with Crippen molar-refractivity contribution in [3.05, 3.63) is 0 Å². The van der Waals surface area contributed by atoms with E-state index in [-0.39, 0.29) is 42.5 Å². The molecular weight excluding hydrogens is 271 g/mol. The fourth-order valence-corrected chi connectivity index (χ4v) is 3.16. The van der Waals surface area contributed by atoms with Gasteiger partial charge in [-0.25, -0.2) is 0 Å². The van der Waals surface area contributed by atoms with Crippen molar-refractivity contribution in [2.75, 3.05) is 13.6 Å². The van der Waals surface area contributed by atoms with Gasteiger partial charge in [-0.1, -0.05) is 0 Å². The molecule has 0 bridgehead atoms. The Kier molecular flexibility index (Phi) is 8.52. The molecule has 0 amide bonds. The van der Waals surface area contributed by atoms with Crippen LogP contribution in [0.3, 0.4) is 0 Å². The van der Waals surface area contributed by atoms with E-state index in [4.69, 9.17) is 14.7 Å². The monoisotopic (exact) mass is 285 g/mol. The predicted octanol–water partition coefficient (Wildman–Crippen LogP) is -4.64. The van der Waals surface area contributed by atoms with Crippen molar-refractivity contribution in [1.29, 1.82) is 0 Å². The average molecular weight is 285 g/mol. The molecule has 2 unspecified atom stereocenters. The molecule has 16 heavy (non-hydrogen) atoms. The van der Waals surface area contributed by atoms with Crippen molar-refractivity contribution in [1.82, 2.24) is 5.32 Å². The van der Waals surface area contributed by atoms with Gasteiger partial charge in [-0.3, -0.25) is 4.57 Å². The van der Waals surface area contributed by atoms with E-state index in [1.54, 1.807) is 7.05 Å². The average Bonchev–Trinajstić information content (AvgIpc) is 2.00. The Morgan fingerprint density at radius 1 is 1.31 bits per heavy atom. The summed E-state index contributed by atoms with van der Waals surface area (Å²) in [5, 5.41) is 8.51. The molecule has 8 nitrogen and oxygen atoms in total. The molecule has 2 atom stereocenters. The van der Waals surface area contributed by atoms with Crippen molar-refractivity contribution >= 4 is 15.2 Å². The van der Waals surface area contributed by atoms with Crippen LogP contribution in [0.1, 0.15) is 12.8 Å². The van der Waals surface area contributed by atoms with Gasteiger partial charge in [0.15, 0.2) is 7.60 Å². The number of nitrogens with one attached hydrogen (secondary N) is 1. The summed E-state index contributed by atoms with van der Waals surface area (Å²) in [5.41, 5.74) is 0. The van der Waals surface area contributed by atoms with E-state index in [1.807, 2.05) is 0 Å². The Balaban J connectivity index is 0. The summed E-state index contributed by atoms with van der Waals surface area (Å²) in [4.78, 5) is 36.7. The predicted molar refractivity (Wildman–Crippen MR) is 50.0 cm³/mol. The fraction of sp³-hybridized carbons (Fsp3) is 1.00. The molecule has 0 heterocycles. The van der Waals surface area contributed by atoms with Crippen molar-refractivity contribution in [3.63, 3.8) is 0 Å². The van der Waals surface area contributed by atoms with Crippen LogP contribution >= 0.6 is 15.2 Å². The molecule has 0 rings (SSSR count). The molecule has 0 saturated carbocycles. The van der Waals surface area contributed by atoms with Gasteiger partial charge in [-0.2, -0.15) is 0 Å². The summed E-state index contributed by atoms with van der Waals surface area (Å²) < 4.78 is 21.5. The quantitative estimate of drug-likeness (QED) is 0.186. The second-order valence-corrected chi connectivity index (χ2v) is 7.01. The van der Waals surface area contributed by atoms with Crippen molar-refractivity contribution in [3.8, 4) is 0 Å². The zero-order valence-corrected chi connectivity index (χ0v) is 12.8. The van der Waals surface area contributed by atoms with E-state index in [1.165, 1.54) is 0 Å². The van der Waals surface area contributed by atoms with E-state index in [9.17, 15) is 19.1 Å². The third-order valence-corrected chi connectivity index (χ3v) is 5.68. The van der Waals surface area contributed by atoms with E-state index in [2.05, 4.69) is 5.32 Å². The largest absolute Gasteiger partial charge is 1.00 e. The molecule has 11 heteroatoms.